The number of nitrogens with zero attached hydrogens (tertiary/aromatic N) is 1. The number of H-pyrrole nitrogens is 1. The van der Waals surface area contributed by atoms with Crippen LogP contribution in [-0.4, -0.2) is 42.9 Å². The molecule has 0 fully saturated rings. The van der Waals surface area contributed by atoms with Crippen LogP contribution >= 0.6 is 7.60 Å². The van der Waals surface area contributed by atoms with Gasteiger partial charge in [-0.25, -0.2) is 9.59 Å². The normalized spacial score (nSPS) is 13.0. The number of ether oxygens (including phenoxy) is 1. The monoisotopic (exact) mass is 336 g/mol. The molecule has 10 nitrogen and oxygen atoms in total. The number of aromatic amines is 1. The number of carbonyl (C=O) groups is 1. The molecule has 124 valence electrons. The van der Waals surface area contributed by atoms with Crippen LogP contribution in [0, 0.1) is 6.92 Å². The minimum atomic E-state index is -4.88. The van der Waals surface area contributed by atoms with Gasteiger partial charge in [-0.15, -0.1) is 0 Å². The molecule has 1 heterocycles. The first-order chi connectivity index (χ1) is 10.1. The molecule has 0 radical (unpaired) electrons. The van der Waals surface area contributed by atoms with Gasteiger partial charge in [0.15, 0.2) is 0 Å². The summed E-state index contributed by atoms with van der Waals surface area (Å²) < 4.78 is 16.8. The standard InChI is InChI=1S/C11H17N2O8P/c1-7-6-13(11(17)12-8(7)14)4-2-3-5-21-10(9(15)16)22(18,19)20/h6,10H,2-5H2,1H3,(H,15,16)(H,12,14,17)(H2,18,19,20). The Bertz CT molecular complexity index is 688. The topological polar surface area (TPSA) is 159 Å². The first kappa shape index (κ1) is 18.3. The maximum atomic E-state index is 11.5. The van der Waals surface area contributed by atoms with E-state index in [-0.39, 0.29) is 19.6 Å². The van der Waals surface area contributed by atoms with E-state index in [1.807, 2.05) is 0 Å². The average Bonchev–Trinajstić information content (AvgIpc) is 2.37. The van der Waals surface area contributed by atoms with Gasteiger partial charge in [-0.1, -0.05) is 0 Å². The van der Waals surface area contributed by atoms with Gasteiger partial charge in [0.2, 0.25) is 0 Å². The summed E-state index contributed by atoms with van der Waals surface area (Å²) >= 11 is 0. The van der Waals surface area contributed by atoms with Crippen LogP contribution in [0.1, 0.15) is 18.4 Å². The van der Waals surface area contributed by atoms with Crippen molar-refractivity contribution in [3.63, 3.8) is 0 Å². The zero-order chi connectivity index (χ0) is 16.9. The number of carboxylic acids is 1. The lowest BCUT2D eigenvalue weighted by Crippen LogP contribution is -2.31. The van der Waals surface area contributed by atoms with E-state index in [9.17, 15) is 18.9 Å². The van der Waals surface area contributed by atoms with Gasteiger partial charge in [0.1, 0.15) is 0 Å². The highest BCUT2D eigenvalue weighted by Gasteiger charge is 2.36. The minimum Gasteiger partial charge on any atom is -0.479 e. The van der Waals surface area contributed by atoms with Crippen LogP contribution in [0.4, 0.5) is 0 Å². The molecule has 1 rings (SSSR count). The van der Waals surface area contributed by atoms with Gasteiger partial charge < -0.3 is 24.2 Å². The van der Waals surface area contributed by atoms with Crippen LogP contribution in [-0.2, 0) is 20.6 Å². The number of aryl methyl sites for hydroxylation is 2. The molecule has 0 saturated heterocycles. The molecule has 0 aliphatic rings. The number of aliphatic carboxylic acids is 1. The first-order valence-electron chi connectivity index (χ1n) is 6.33. The highest BCUT2D eigenvalue weighted by molar-refractivity contribution is 7.53. The Hall–Kier alpha value is -1.74. The lowest BCUT2D eigenvalue weighted by molar-refractivity contribution is -0.145. The molecule has 1 unspecified atom stereocenters. The zero-order valence-corrected chi connectivity index (χ0v) is 12.7. The molecule has 1 aromatic rings. The Labute approximate surface area is 124 Å². The molecule has 22 heavy (non-hydrogen) atoms. The van der Waals surface area contributed by atoms with Gasteiger partial charge in [0.05, 0.1) is 0 Å². The second kappa shape index (κ2) is 7.50. The summed E-state index contributed by atoms with van der Waals surface area (Å²) in [6.07, 6.45) is 2.09. The second-order valence-electron chi connectivity index (χ2n) is 4.62. The van der Waals surface area contributed by atoms with E-state index in [0.717, 1.165) is 0 Å². The second-order valence-corrected chi connectivity index (χ2v) is 6.27. The Kier molecular flexibility index (Phi) is 6.24. The van der Waals surface area contributed by atoms with Crippen LogP contribution < -0.4 is 11.2 Å². The Morgan fingerprint density at radius 2 is 2.05 bits per heavy atom. The number of rotatable bonds is 8. The average molecular weight is 336 g/mol. The molecule has 0 aliphatic carbocycles. The Balaban J connectivity index is 2.48. The van der Waals surface area contributed by atoms with E-state index in [4.69, 9.17) is 14.9 Å². The van der Waals surface area contributed by atoms with Gasteiger partial charge in [-0.05, 0) is 19.8 Å². The molecule has 0 aromatic carbocycles. The van der Waals surface area contributed by atoms with E-state index >= 15 is 0 Å². The van der Waals surface area contributed by atoms with Crippen molar-refractivity contribution in [2.24, 2.45) is 0 Å². The summed E-state index contributed by atoms with van der Waals surface area (Å²) in [5, 5.41) is 8.64. The minimum absolute atomic E-state index is 0.181. The van der Waals surface area contributed by atoms with Crippen molar-refractivity contribution in [2.45, 2.75) is 32.2 Å². The summed E-state index contributed by atoms with van der Waals surface area (Å²) in [7, 11) is -4.88. The quantitative estimate of drug-likeness (QED) is 0.356. The molecule has 4 N–H and O–H groups in total. The molecule has 1 atom stereocenters. The molecule has 0 aliphatic heterocycles. The van der Waals surface area contributed by atoms with Crippen molar-refractivity contribution >= 4 is 13.6 Å². The predicted molar refractivity (Wildman–Crippen MR) is 74.7 cm³/mol. The van der Waals surface area contributed by atoms with E-state index in [0.29, 0.717) is 12.0 Å². The Morgan fingerprint density at radius 1 is 1.41 bits per heavy atom. The number of nitrogens with one attached hydrogen (secondary N) is 1. The molecule has 0 amide bonds. The van der Waals surface area contributed by atoms with Crippen LogP contribution in [0.3, 0.4) is 0 Å². The molecule has 0 bridgehead atoms. The van der Waals surface area contributed by atoms with Gasteiger partial charge >= 0.3 is 19.3 Å². The number of unbranched alkanes of at least 4 members (excludes halogenated alkanes) is 1. The summed E-state index contributed by atoms with van der Waals surface area (Å²) in [4.78, 5) is 53.1. The molecule has 11 heteroatoms. The smallest absolute Gasteiger partial charge is 0.365 e. The third-order valence-electron chi connectivity index (χ3n) is 2.77. The maximum Gasteiger partial charge on any atom is 0.365 e. The van der Waals surface area contributed by atoms with Gasteiger partial charge in [0, 0.05) is 24.9 Å². The van der Waals surface area contributed by atoms with Crippen molar-refractivity contribution in [1.29, 1.82) is 0 Å². The third kappa shape index (κ3) is 5.23. The molecular weight excluding hydrogens is 319 g/mol. The summed E-state index contributed by atoms with van der Waals surface area (Å²) in [6.45, 7) is 1.63. The van der Waals surface area contributed by atoms with Crippen molar-refractivity contribution in [3.05, 3.63) is 32.6 Å². The number of hydrogen-bond donors (Lipinski definition) is 4. The van der Waals surface area contributed by atoms with Crippen LogP contribution in [0.15, 0.2) is 15.8 Å². The SMILES string of the molecule is Cc1cn(CCCCOC(C(=O)O)P(=O)(O)O)c(=O)[nH]c1=O. The van der Waals surface area contributed by atoms with E-state index in [1.54, 1.807) is 6.92 Å². The summed E-state index contributed by atoms with van der Waals surface area (Å²) in [5.41, 5.74) is -0.644. The molecule has 1 aromatic heterocycles. The maximum absolute atomic E-state index is 11.5. The predicted octanol–water partition coefficient (Wildman–Crippen LogP) is -0.770. The fraction of sp³-hybridized carbons (Fsp3) is 0.545. The highest BCUT2D eigenvalue weighted by Crippen LogP contribution is 2.41. The van der Waals surface area contributed by atoms with Crippen LogP contribution in [0.5, 0.6) is 0 Å². The van der Waals surface area contributed by atoms with Crippen LogP contribution in [0.25, 0.3) is 0 Å². The van der Waals surface area contributed by atoms with Crippen molar-refractivity contribution < 1.29 is 29.0 Å². The largest absolute Gasteiger partial charge is 0.479 e. The van der Waals surface area contributed by atoms with Gasteiger partial charge in [0.25, 0.3) is 11.4 Å². The van der Waals surface area contributed by atoms with E-state index in [2.05, 4.69) is 9.72 Å². The fourth-order valence-electron chi connectivity index (χ4n) is 1.68. The molecular formula is C11H17N2O8P. The highest BCUT2D eigenvalue weighted by atomic mass is 31.2. The third-order valence-corrected chi connectivity index (χ3v) is 3.76. The van der Waals surface area contributed by atoms with E-state index in [1.165, 1.54) is 10.8 Å². The van der Waals surface area contributed by atoms with E-state index < -0.39 is 30.7 Å². The number of hydrogen-bond acceptors (Lipinski definition) is 5. The summed E-state index contributed by atoms with van der Waals surface area (Å²) in [6, 6.07) is 0. The van der Waals surface area contributed by atoms with Crippen molar-refractivity contribution in [2.75, 3.05) is 6.61 Å². The van der Waals surface area contributed by atoms with Crippen molar-refractivity contribution in [1.82, 2.24) is 9.55 Å². The van der Waals surface area contributed by atoms with Crippen molar-refractivity contribution in [3.8, 4) is 0 Å². The summed E-state index contributed by atoms with van der Waals surface area (Å²) in [5.74, 6) is -3.92. The first-order valence-corrected chi connectivity index (χ1v) is 8.01. The Morgan fingerprint density at radius 3 is 2.59 bits per heavy atom. The number of carboxylic acid groups (broad SMARTS) is 1. The number of aromatic nitrogens is 2. The lowest BCUT2D eigenvalue weighted by atomic mass is 10.3. The van der Waals surface area contributed by atoms with Gasteiger partial charge in [-0.2, -0.15) is 0 Å². The van der Waals surface area contributed by atoms with Crippen LogP contribution in [0.2, 0.25) is 0 Å². The molecule has 0 saturated carbocycles. The molecule has 0 spiro atoms. The fourth-order valence-corrected chi connectivity index (χ4v) is 2.26. The lowest BCUT2D eigenvalue weighted by Gasteiger charge is -2.14. The zero-order valence-electron chi connectivity index (χ0n) is 11.8. The van der Waals surface area contributed by atoms with Gasteiger partial charge in [-0.3, -0.25) is 14.3 Å².